The van der Waals surface area contributed by atoms with E-state index in [2.05, 4.69) is 40.0 Å². The third kappa shape index (κ3) is 5.03. The molecule has 0 saturated carbocycles. The fraction of sp³-hybridized carbons (Fsp3) is 0.435. The monoisotopic (exact) mass is 411 g/mol. The maximum atomic E-state index is 12.0. The smallest absolute Gasteiger partial charge is 0.263 e. The third-order valence-corrected chi connectivity index (χ3v) is 6.11. The highest BCUT2D eigenvalue weighted by Crippen LogP contribution is 2.27. The Labute approximate surface area is 176 Å². The molecule has 0 N–H and O–H groups in total. The normalized spacial score (nSPS) is 15.8. The molecule has 0 bridgehead atoms. The zero-order chi connectivity index (χ0) is 20.2. The van der Waals surface area contributed by atoms with Crippen LogP contribution >= 0.6 is 11.6 Å². The van der Waals surface area contributed by atoms with Crippen LogP contribution in [0.4, 0.5) is 0 Å². The number of aryl methyl sites for hydroxylation is 1. The van der Waals surface area contributed by atoms with Gasteiger partial charge in [-0.25, -0.2) is 9.97 Å². The van der Waals surface area contributed by atoms with Gasteiger partial charge in [-0.1, -0.05) is 23.2 Å². The Balaban J connectivity index is 1.26. The van der Waals surface area contributed by atoms with Crippen molar-refractivity contribution in [3.63, 3.8) is 0 Å². The van der Waals surface area contributed by atoms with E-state index >= 15 is 0 Å². The van der Waals surface area contributed by atoms with Gasteiger partial charge in [0.2, 0.25) is 5.78 Å². The van der Waals surface area contributed by atoms with Crippen LogP contribution in [-0.4, -0.2) is 33.7 Å². The van der Waals surface area contributed by atoms with Crippen LogP contribution in [0, 0.1) is 12.8 Å². The first-order valence-electron chi connectivity index (χ1n) is 10.3. The van der Waals surface area contributed by atoms with Crippen molar-refractivity contribution in [2.45, 2.75) is 45.6 Å². The molecule has 2 aromatic heterocycles. The second-order valence-corrected chi connectivity index (χ2v) is 8.36. The number of oxazole rings is 1. The Bertz CT molecular complexity index is 979. The van der Waals surface area contributed by atoms with Crippen molar-refractivity contribution in [3.8, 4) is 0 Å². The summed E-state index contributed by atoms with van der Waals surface area (Å²) in [6.07, 6.45) is 7.76. The molecular weight excluding hydrogens is 386 g/mol. The van der Waals surface area contributed by atoms with E-state index in [0.29, 0.717) is 17.5 Å². The van der Waals surface area contributed by atoms with E-state index in [9.17, 15) is 4.79 Å². The highest BCUT2D eigenvalue weighted by molar-refractivity contribution is 6.30. The molecule has 1 aliphatic rings. The van der Waals surface area contributed by atoms with Gasteiger partial charge in [0.25, 0.3) is 5.89 Å². The molecule has 1 aromatic carbocycles. The number of hydrogen-bond acceptors (Lipinski definition) is 5. The van der Waals surface area contributed by atoms with E-state index in [-0.39, 0.29) is 11.7 Å². The molecule has 0 aliphatic carbocycles. The number of piperidine rings is 1. The summed E-state index contributed by atoms with van der Waals surface area (Å²) in [5, 5.41) is 1.75. The Morgan fingerprint density at radius 2 is 2.10 bits per heavy atom. The van der Waals surface area contributed by atoms with Crippen molar-refractivity contribution in [3.05, 3.63) is 58.9 Å². The lowest BCUT2D eigenvalue weighted by molar-refractivity contribution is 0.0940. The highest BCUT2D eigenvalue weighted by Gasteiger charge is 2.21. The van der Waals surface area contributed by atoms with Gasteiger partial charge in [0.15, 0.2) is 0 Å². The van der Waals surface area contributed by atoms with Gasteiger partial charge in [0, 0.05) is 23.9 Å². The Kier molecular flexibility index (Phi) is 6.26. The van der Waals surface area contributed by atoms with E-state index < -0.39 is 0 Å². The number of fused-ring (bicyclic) bond motifs is 1. The zero-order valence-electron chi connectivity index (χ0n) is 16.7. The highest BCUT2D eigenvalue weighted by atomic mass is 35.5. The molecule has 6 heteroatoms. The van der Waals surface area contributed by atoms with E-state index in [1.165, 1.54) is 18.0 Å². The van der Waals surface area contributed by atoms with Crippen molar-refractivity contribution >= 4 is 28.3 Å². The number of Topliss-reactive ketones (excluding diaryl/α,β-unsaturated/α-hetero) is 1. The van der Waals surface area contributed by atoms with Crippen molar-refractivity contribution in [2.24, 2.45) is 5.92 Å². The number of halogens is 1. The maximum Gasteiger partial charge on any atom is 0.263 e. The molecule has 0 radical (unpaired) electrons. The van der Waals surface area contributed by atoms with Crippen LogP contribution in [-0.2, 0) is 6.54 Å². The number of hydrogen-bond donors (Lipinski definition) is 0. The number of carbonyl (C=O) groups is 1. The fourth-order valence-electron chi connectivity index (χ4n) is 4.12. The number of carbonyl (C=O) groups excluding carboxylic acids is 1. The quantitative estimate of drug-likeness (QED) is 0.382. The molecule has 1 fully saturated rings. The summed E-state index contributed by atoms with van der Waals surface area (Å²) in [6, 6.07) is 8.43. The fourth-order valence-corrected chi connectivity index (χ4v) is 4.33. The van der Waals surface area contributed by atoms with Gasteiger partial charge < -0.3 is 4.42 Å². The van der Waals surface area contributed by atoms with E-state index in [1.54, 1.807) is 0 Å². The molecule has 1 saturated heterocycles. The summed E-state index contributed by atoms with van der Waals surface area (Å²) in [4.78, 5) is 22.9. The minimum absolute atomic E-state index is 0.00104. The summed E-state index contributed by atoms with van der Waals surface area (Å²) in [7, 11) is 0. The van der Waals surface area contributed by atoms with Gasteiger partial charge in [-0.05, 0) is 69.8 Å². The second kappa shape index (κ2) is 9.06. The molecule has 0 atom stereocenters. The number of benzene rings is 1. The van der Waals surface area contributed by atoms with Crippen LogP contribution in [0.2, 0.25) is 5.15 Å². The number of ketones is 1. The first-order chi connectivity index (χ1) is 14.1. The van der Waals surface area contributed by atoms with Crippen molar-refractivity contribution in [1.29, 1.82) is 0 Å². The Morgan fingerprint density at radius 1 is 1.28 bits per heavy atom. The van der Waals surface area contributed by atoms with Gasteiger partial charge >= 0.3 is 0 Å². The number of pyridine rings is 1. The molecule has 29 heavy (non-hydrogen) atoms. The van der Waals surface area contributed by atoms with E-state index in [4.69, 9.17) is 16.0 Å². The summed E-state index contributed by atoms with van der Waals surface area (Å²) < 4.78 is 5.07. The largest absolute Gasteiger partial charge is 0.442 e. The average molecular weight is 412 g/mol. The number of nitrogens with zero attached hydrogens (tertiary/aromatic N) is 3. The molecule has 3 heterocycles. The van der Waals surface area contributed by atoms with Gasteiger partial charge in [-0.3, -0.25) is 9.69 Å². The van der Waals surface area contributed by atoms with Crippen LogP contribution < -0.4 is 0 Å². The van der Waals surface area contributed by atoms with Gasteiger partial charge in [0.05, 0.1) is 11.7 Å². The van der Waals surface area contributed by atoms with Crippen molar-refractivity contribution in [1.82, 2.24) is 14.9 Å². The first-order valence-corrected chi connectivity index (χ1v) is 10.7. The maximum absolute atomic E-state index is 12.0. The van der Waals surface area contributed by atoms with Crippen LogP contribution in [0.5, 0.6) is 0 Å². The van der Waals surface area contributed by atoms with Crippen molar-refractivity contribution in [2.75, 3.05) is 13.1 Å². The molecule has 4 rings (SSSR count). The molecule has 152 valence electrons. The lowest BCUT2D eigenvalue weighted by atomic mass is 9.91. The van der Waals surface area contributed by atoms with Gasteiger partial charge in [-0.2, -0.15) is 0 Å². The van der Waals surface area contributed by atoms with Crippen molar-refractivity contribution < 1.29 is 9.21 Å². The number of likely N-dealkylation sites (tertiary alicyclic amines) is 1. The van der Waals surface area contributed by atoms with Crippen LogP contribution in [0.1, 0.15) is 53.9 Å². The summed E-state index contributed by atoms with van der Waals surface area (Å²) in [6.45, 7) is 5.04. The first kappa shape index (κ1) is 20.0. The minimum Gasteiger partial charge on any atom is -0.442 e. The van der Waals surface area contributed by atoms with Crippen LogP contribution in [0.15, 0.2) is 41.1 Å². The lowest BCUT2D eigenvalue weighted by Crippen LogP contribution is -2.33. The topological polar surface area (TPSA) is 59.2 Å². The predicted octanol–water partition coefficient (Wildman–Crippen LogP) is 5.45. The minimum atomic E-state index is 0.00104. The number of rotatable bonds is 7. The molecule has 0 amide bonds. The molecule has 3 aromatic rings. The summed E-state index contributed by atoms with van der Waals surface area (Å²) in [5.41, 5.74) is 3.27. The van der Waals surface area contributed by atoms with Gasteiger partial charge in [-0.15, -0.1) is 0 Å². The van der Waals surface area contributed by atoms with Crippen LogP contribution in [0.3, 0.4) is 0 Å². The average Bonchev–Trinajstić information content (AvgIpc) is 3.25. The second-order valence-electron chi connectivity index (χ2n) is 8.01. The summed E-state index contributed by atoms with van der Waals surface area (Å²) >= 11 is 6.45. The SMILES string of the molecule is Cc1ccc2nc(Cl)c(CN3CCC(CCCC(=O)c4ncco4)CC3)cc2c1. The van der Waals surface area contributed by atoms with Crippen LogP contribution in [0.25, 0.3) is 10.9 Å². The molecule has 1 aliphatic heterocycles. The lowest BCUT2D eigenvalue weighted by Gasteiger charge is -2.32. The van der Waals surface area contributed by atoms with Gasteiger partial charge in [0.1, 0.15) is 11.4 Å². The Morgan fingerprint density at radius 3 is 2.86 bits per heavy atom. The molecular formula is C23H26ClN3O2. The van der Waals surface area contributed by atoms with E-state index in [0.717, 1.165) is 61.8 Å². The van der Waals surface area contributed by atoms with E-state index in [1.807, 2.05) is 6.07 Å². The Hall–Kier alpha value is -2.24. The standard InChI is InChI=1S/C23H26ClN3O2/c1-16-5-6-20-18(13-16)14-19(22(24)26-20)15-27-10-7-17(8-11-27)3-2-4-21(28)23-25-9-12-29-23/h5-6,9,12-14,17H,2-4,7-8,10-11,15H2,1H3. The molecule has 0 unspecified atom stereocenters. The molecule has 0 spiro atoms. The predicted molar refractivity (Wildman–Crippen MR) is 114 cm³/mol. The molecule has 5 nitrogen and oxygen atoms in total. The number of aromatic nitrogens is 2. The third-order valence-electron chi connectivity index (χ3n) is 5.78. The summed E-state index contributed by atoms with van der Waals surface area (Å²) in [5.74, 6) is 0.911. The zero-order valence-corrected chi connectivity index (χ0v) is 17.5.